The van der Waals surface area contributed by atoms with Gasteiger partial charge in [0.25, 0.3) is 6.17 Å². The Hall–Kier alpha value is -1.81. The van der Waals surface area contributed by atoms with Gasteiger partial charge in [-0.05, 0) is 18.2 Å². The topological polar surface area (TPSA) is 35.2 Å². The largest absolute Gasteiger partial charge is 0.439 e. The van der Waals surface area contributed by atoms with Crippen LogP contribution in [-0.4, -0.2) is 18.5 Å². The van der Waals surface area contributed by atoms with Crippen molar-refractivity contribution in [2.24, 2.45) is 0 Å². The second kappa shape index (κ2) is 5.19. The zero-order valence-corrected chi connectivity index (χ0v) is 9.70. The maximum Gasteiger partial charge on any atom is 0.439 e. The number of ether oxygens (including phenoxy) is 1. The maximum atomic E-state index is 13.0. The summed E-state index contributed by atoms with van der Waals surface area (Å²) in [6.07, 6.45) is -21.6. The quantitative estimate of drug-likeness (QED) is 0.668. The van der Waals surface area contributed by atoms with Gasteiger partial charge in [0.05, 0.1) is 5.56 Å². The third-order valence-corrected chi connectivity index (χ3v) is 2.14. The third-order valence-electron chi connectivity index (χ3n) is 2.14. The zero-order valence-electron chi connectivity index (χ0n) is 9.70. The van der Waals surface area contributed by atoms with Crippen molar-refractivity contribution in [1.82, 2.24) is 0 Å². The van der Waals surface area contributed by atoms with Crippen LogP contribution in [0.15, 0.2) is 18.2 Å². The number of hydrogen-bond acceptors (Lipinski definition) is 2. The molecule has 1 atom stereocenters. The van der Waals surface area contributed by atoms with E-state index in [2.05, 4.69) is 4.74 Å². The van der Waals surface area contributed by atoms with E-state index in [1.807, 2.05) is 0 Å². The molecule has 0 saturated heterocycles. The van der Waals surface area contributed by atoms with Crippen molar-refractivity contribution in [1.29, 1.82) is 0 Å². The number of halogens is 9. The molecule has 120 valence electrons. The Morgan fingerprint density at radius 2 is 1.48 bits per heavy atom. The Morgan fingerprint density at radius 3 is 1.90 bits per heavy atom. The maximum absolute atomic E-state index is 13.0. The van der Waals surface area contributed by atoms with Gasteiger partial charge in [-0.15, -0.1) is 0 Å². The summed E-state index contributed by atoms with van der Waals surface area (Å²) < 4.78 is 115. The minimum absolute atomic E-state index is 0.173. The first-order valence-electron chi connectivity index (χ1n) is 4.99. The Morgan fingerprint density at radius 1 is 0.952 bits per heavy atom. The summed E-state index contributed by atoms with van der Waals surface area (Å²) in [6, 6.07) is 1.13. The van der Waals surface area contributed by atoms with E-state index in [0.717, 1.165) is 0 Å². The molecule has 2 N–H and O–H groups in total. The molecule has 11 heteroatoms. The molecule has 0 aliphatic carbocycles. The summed E-state index contributed by atoms with van der Waals surface area (Å²) in [5.41, 5.74) is 2.67. The van der Waals surface area contributed by atoms with Crippen molar-refractivity contribution in [3.8, 4) is 5.75 Å². The highest BCUT2D eigenvalue weighted by Gasteiger charge is 2.59. The molecule has 0 radical (unpaired) electrons. The molecule has 1 aromatic carbocycles. The molecule has 1 aromatic rings. The first-order chi connectivity index (χ1) is 9.25. The lowest BCUT2D eigenvalue weighted by Crippen LogP contribution is -2.45. The Bertz CT molecular complexity index is 508. The fourth-order valence-electron chi connectivity index (χ4n) is 1.25. The Balaban J connectivity index is 3.19. The molecule has 0 aromatic heterocycles. The van der Waals surface area contributed by atoms with Gasteiger partial charge in [0.1, 0.15) is 5.75 Å². The Labute approximate surface area is 111 Å². The smallest absolute Gasteiger partial charge is 0.429 e. The van der Waals surface area contributed by atoms with Crippen LogP contribution in [0.2, 0.25) is 0 Å². The van der Waals surface area contributed by atoms with Crippen molar-refractivity contribution in [2.75, 3.05) is 5.73 Å². The molecule has 21 heavy (non-hydrogen) atoms. The number of alkyl halides is 9. The monoisotopic (exact) mass is 327 g/mol. The van der Waals surface area contributed by atoms with Gasteiger partial charge in [0.15, 0.2) is 0 Å². The second-order valence-electron chi connectivity index (χ2n) is 3.82. The lowest BCUT2D eigenvalue weighted by molar-refractivity contribution is -0.305. The van der Waals surface area contributed by atoms with Crippen molar-refractivity contribution >= 4 is 5.69 Å². The minimum atomic E-state index is -6.00. The predicted octanol–water partition coefficient (Wildman–Crippen LogP) is 4.16. The van der Waals surface area contributed by atoms with E-state index in [1.165, 1.54) is 0 Å². The second-order valence-corrected chi connectivity index (χ2v) is 3.82. The number of nitrogens with two attached hydrogens (primary N) is 1. The molecule has 0 heterocycles. The van der Waals surface area contributed by atoms with Crippen molar-refractivity contribution in [3.05, 3.63) is 23.8 Å². The van der Waals surface area contributed by atoms with Gasteiger partial charge < -0.3 is 10.5 Å². The van der Waals surface area contributed by atoms with Gasteiger partial charge in [0, 0.05) is 5.69 Å². The van der Waals surface area contributed by atoms with Gasteiger partial charge in [-0.3, -0.25) is 0 Å². The van der Waals surface area contributed by atoms with E-state index >= 15 is 0 Å². The number of benzene rings is 1. The van der Waals surface area contributed by atoms with E-state index in [1.54, 1.807) is 0 Å². The summed E-state index contributed by atoms with van der Waals surface area (Å²) in [6.45, 7) is 0. The highest BCUT2D eigenvalue weighted by molar-refractivity contribution is 5.49. The lowest BCUT2D eigenvalue weighted by atomic mass is 10.1. The van der Waals surface area contributed by atoms with Crippen LogP contribution in [0.25, 0.3) is 0 Å². The average molecular weight is 327 g/mol. The Kier molecular flexibility index (Phi) is 4.26. The summed E-state index contributed by atoms with van der Waals surface area (Å²) >= 11 is 0. The van der Waals surface area contributed by atoms with E-state index in [9.17, 15) is 39.5 Å². The number of anilines is 1. The molecule has 1 rings (SSSR count). The fourth-order valence-corrected chi connectivity index (χ4v) is 1.25. The zero-order chi connectivity index (χ0) is 16.6. The summed E-state index contributed by atoms with van der Waals surface area (Å²) in [5.74, 6) is -1.67. The molecule has 2 nitrogen and oxygen atoms in total. The highest BCUT2D eigenvalue weighted by Crippen LogP contribution is 2.42. The number of hydrogen-bond donors (Lipinski definition) is 1. The minimum Gasteiger partial charge on any atom is -0.429 e. The van der Waals surface area contributed by atoms with Crippen molar-refractivity contribution in [3.63, 3.8) is 0 Å². The van der Waals surface area contributed by atoms with Crippen LogP contribution in [0.3, 0.4) is 0 Å². The van der Waals surface area contributed by atoms with Crippen molar-refractivity contribution < 1.29 is 44.3 Å². The average Bonchev–Trinajstić information content (AvgIpc) is 2.27. The van der Waals surface area contributed by atoms with Crippen LogP contribution >= 0.6 is 0 Å². The normalized spacial score (nSPS) is 14.9. The molecule has 0 amide bonds. The summed E-state index contributed by atoms with van der Waals surface area (Å²) in [4.78, 5) is 0. The van der Waals surface area contributed by atoms with Crippen LogP contribution in [0.5, 0.6) is 5.75 Å². The summed E-state index contributed by atoms with van der Waals surface area (Å²) in [7, 11) is 0. The molecule has 0 fully saturated rings. The van der Waals surface area contributed by atoms with Crippen LogP contribution in [-0.2, 0) is 6.18 Å². The third kappa shape index (κ3) is 4.08. The van der Waals surface area contributed by atoms with Crippen LogP contribution in [0.1, 0.15) is 5.56 Å². The van der Waals surface area contributed by atoms with E-state index in [4.69, 9.17) is 5.73 Å². The van der Waals surface area contributed by atoms with Gasteiger partial charge in [-0.25, -0.2) is 4.39 Å². The summed E-state index contributed by atoms with van der Waals surface area (Å²) in [5, 5.41) is 0. The van der Waals surface area contributed by atoms with Crippen molar-refractivity contribution in [2.45, 2.75) is 24.6 Å². The molecular weight excluding hydrogens is 321 g/mol. The van der Waals surface area contributed by atoms with Gasteiger partial charge in [-0.2, -0.15) is 35.1 Å². The van der Waals surface area contributed by atoms with E-state index in [-0.39, 0.29) is 12.1 Å². The molecule has 0 aliphatic heterocycles. The molecule has 0 spiro atoms. The SMILES string of the molecule is Nc1ccc(OC(F)(F)C(F)C(F)(F)F)c(C(F)(F)F)c1. The van der Waals surface area contributed by atoms with E-state index < -0.39 is 41.6 Å². The van der Waals surface area contributed by atoms with Gasteiger partial charge >= 0.3 is 18.5 Å². The van der Waals surface area contributed by atoms with Gasteiger partial charge in [0.2, 0.25) is 0 Å². The fraction of sp³-hybridized carbons (Fsp3) is 0.400. The van der Waals surface area contributed by atoms with Crippen LogP contribution in [0, 0.1) is 0 Å². The number of nitrogen functional groups attached to an aromatic ring is 1. The number of rotatable bonds is 3. The molecule has 0 bridgehead atoms. The first kappa shape index (κ1) is 17.2. The standard InChI is InChI=1S/C10H6F9NO/c11-7(9(15,16)17)10(18,19)21-6-2-1-4(20)3-5(6)8(12,13)14/h1-3,7H,20H2. The van der Waals surface area contributed by atoms with Crippen LogP contribution in [0.4, 0.5) is 45.2 Å². The predicted molar refractivity (Wildman–Crippen MR) is 52.4 cm³/mol. The highest BCUT2D eigenvalue weighted by atomic mass is 19.4. The lowest BCUT2D eigenvalue weighted by Gasteiger charge is -2.24. The van der Waals surface area contributed by atoms with Crippen LogP contribution < -0.4 is 10.5 Å². The first-order valence-corrected chi connectivity index (χ1v) is 4.99. The molecular formula is C10H6F9NO. The van der Waals surface area contributed by atoms with E-state index in [0.29, 0.717) is 6.07 Å². The molecule has 1 unspecified atom stereocenters. The molecule has 0 aliphatic rings. The van der Waals surface area contributed by atoms with Gasteiger partial charge in [-0.1, -0.05) is 0 Å². The molecule has 0 saturated carbocycles.